The third kappa shape index (κ3) is 6.75. The first-order valence-corrected chi connectivity index (χ1v) is 11.5. The van der Waals surface area contributed by atoms with E-state index in [1.807, 2.05) is 6.07 Å². The Morgan fingerprint density at radius 2 is 1.69 bits per heavy atom. The number of hydrogen-bond acceptors (Lipinski definition) is 4. The van der Waals surface area contributed by atoms with Crippen LogP contribution in [0.5, 0.6) is 0 Å². The topological polar surface area (TPSA) is 120 Å². The van der Waals surface area contributed by atoms with Gasteiger partial charge in [0.1, 0.15) is 5.54 Å². The molecule has 4 fully saturated rings. The van der Waals surface area contributed by atoms with Crippen molar-refractivity contribution >= 4 is 12.0 Å². The molecule has 180 valence electrons. The summed E-state index contributed by atoms with van der Waals surface area (Å²) in [5, 5.41) is 19.9. The van der Waals surface area contributed by atoms with Crippen LogP contribution in [0.1, 0.15) is 64.7 Å². The summed E-state index contributed by atoms with van der Waals surface area (Å²) < 4.78 is 25.0. The number of rotatable bonds is 5. The van der Waals surface area contributed by atoms with Gasteiger partial charge in [-0.15, -0.1) is 0 Å². The van der Waals surface area contributed by atoms with E-state index in [4.69, 9.17) is 16.1 Å². The van der Waals surface area contributed by atoms with Gasteiger partial charge in [-0.25, -0.2) is 13.6 Å². The van der Waals surface area contributed by atoms with Crippen molar-refractivity contribution in [3.63, 3.8) is 0 Å². The molecule has 0 unspecified atom stereocenters. The lowest BCUT2D eigenvalue weighted by Gasteiger charge is -2.46. The second-order valence-electron chi connectivity index (χ2n) is 10.0. The number of piperidine rings is 2. The molecule has 1 atom stereocenters. The predicted octanol–water partition coefficient (Wildman–Crippen LogP) is 3.63. The maximum atomic E-state index is 12.5. The van der Waals surface area contributed by atoms with Crippen LogP contribution in [0.15, 0.2) is 0 Å². The van der Waals surface area contributed by atoms with Gasteiger partial charge in [-0.3, -0.25) is 4.79 Å². The average molecular weight is 455 g/mol. The molecular weight excluding hydrogens is 420 g/mol. The normalized spacial score (nSPS) is 25.2. The van der Waals surface area contributed by atoms with E-state index in [0.29, 0.717) is 25.2 Å². The van der Waals surface area contributed by atoms with E-state index < -0.39 is 35.9 Å². The molecule has 10 heteroatoms. The van der Waals surface area contributed by atoms with E-state index in [2.05, 4.69) is 10.2 Å². The summed E-state index contributed by atoms with van der Waals surface area (Å²) in [6.07, 6.45) is 7.05. The molecule has 2 saturated heterocycles. The van der Waals surface area contributed by atoms with Crippen molar-refractivity contribution in [2.45, 2.75) is 88.3 Å². The maximum Gasteiger partial charge on any atom is 0.407 e. The van der Waals surface area contributed by atoms with Gasteiger partial charge in [0.25, 0.3) is 0 Å². The highest BCUT2D eigenvalue weighted by molar-refractivity contribution is 5.84. The van der Waals surface area contributed by atoms with Crippen LogP contribution < -0.4 is 5.32 Å². The standard InChI is InChI=1S/C13H22N2O2.C9H12F2N3O/c16-12(17)15-9-5-13(6-10-15)3-7-14(8-4-13)11-1-2-11;1-8(10,11)4-6(13)7(15)14-9(5-12)2-3-9/h11H,1-10H2,(H,16,17);6,13H,2-4H2,1H3,(H,14,15)/q;-1/t;6-/m.0/s1. The van der Waals surface area contributed by atoms with Crippen molar-refractivity contribution < 1.29 is 23.5 Å². The lowest BCUT2D eigenvalue weighted by molar-refractivity contribution is -0.124. The van der Waals surface area contributed by atoms with Crippen LogP contribution in [0.3, 0.4) is 0 Å². The van der Waals surface area contributed by atoms with Gasteiger partial charge in [0, 0.05) is 25.6 Å². The molecule has 0 bridgehead atoms. The second kappa shape index (κ2) is 9.48. The largest absolute Gasteiger partial charge is 0.667 e. The van der Waals surface area contributed by atoms with Crippen LogP contribution in [-0.4, -0.2) is 76.6 Å². The van der Waals surface area contributed by atoms with Gasteiger partial charge in [-0.2, -0.15) is 5.26 Å². The van der Waals surface area contributed by atoms with Gasteiger partial charge >= 0.3 is 6.09 Å². The molecule has 2 aliphatic carbocycles. The fourth-order valence-electron chi connectivity index (χ4n) is 4.64. The van der Waals surface area contributed by atoms with Gasteiger partial charge in [0.15, 0.2) is 0 Å². The Kier molecular flexibility index (Phi) is 7.30. The first-order chi connectivity index (χ1) is 15.0. The summed E-state index contributed by atoms with van der Waals surface area (Å²) >= 11 is 0. The van der Waals surface area contributed by atoms with E-state index in [-0.39, 0.29) is 0 Å². The number of carbonyl (C=O) groups excluding carboxylic acids is 1. The molecule has 2 saturated carbocycles. The van der Waals surface area contributed by atoms with Crippen molar-refractivity contribution in [1.82, 2.24) is 15.1 Å². The lowest BCUT2D eigenvalue weighted by Crippen LogP contribution is -2.48. The summed E-state index contributed by atoms with van der Waals surface area (Å²) in [4.78, 5) is 26.4. The first kappa shape index (κ1) is 24.6. The summed E-state index contributed by atoms with van der Waals surface area (Å²) in [5.74, 6) is -3.83. The highest BCUT2D eigenvalue weighted by Crippen LogP contribution is 2.43. The summed E-state index contributed by atoms with van der Waals surface area (Å²) in [6, 6.07) is 1.28. The van der Waals surface area contributed by atoms with Gasteiger partial charge in [-0.05, 0) is 76.8 Å². The number of nitriles is 1. The van der Waals surface area contributed by atoms with Crippen LogP contribution in [0.25, 0.3) is 5.73 Å². The Morgan fingerprint density at radius 3 is 2.09 bits per heavy atom. The number of likely N-dealkylation sites (tertiary alicyclic amines) is 2. The predicted molar refractivity (Wildman–Crippen MR) is 114 cm³/mol. The van der Waals surface area contributed by atoms with Crippen LogP contribution in [0.2, 0.25) is 0 Å². The van der Waals surface area contributed by atoms with Gasteiger partial charge in [0.05, 0.1) is 6.07 Å². The van der Waals surface area contributed by atoms with E-state index in [0.717, 1.165) is 32.0 Å². The number of nitrogens with one attached hydrogen (secondary N) is 2. The summed E-state index contributed by atoms with van der Waals surface area (Å²) in [7, 11) is 0. The Bertz CT molecular complexity index is 725. The molecular formula is C22H34F2N5O3-. The summed E-state index contributed by atoms with van der Waals surface area (Å²) in [6.45, 7) is 4.66. The molecule has 8 nitrogen and oxygen atoms in total. The number of alkyl halides is 2. The molecule has 4 aliphatic rings. The van der Waals surface area contributed by atoms with E-state index in [9.17, 15) is 18.4 Å². The molecule has 0 aromatic carbocycles. The van der Waals surface area contributed by atoms with Gasteiger partial charge in [0.2, 0.25) is 11.8 Å². The highest BCUT2D eigenvalue weighted by atomic mass is 19.3. The Hall–Kier alpha value is -1.99. The minimum Gasteiger partial charge on any atom is -0.667 e. The lowest BCUT2D eigenvalue weighted by atomic mass is 9.71. The Morgan fingerprint density at radius 1 is 1.16 bits per heavy atom. The Labute approximate surface area is 188 Å². The Balaban J connectivity index is 0.000000183. The molecule has 0 aromatic rings. The molecule has 3 N–H and O–H groups in total. The van der Waals surface area contributed by atoms with Crippen molar-refractivity contribution in [2.24, 2.45) is 5.41 Å². The minimum atomic E-state index is -3.03. The number of halogens is 2. The van der Waals surface area contributed by atoms with Gasteiger partial charge in [-0.1, -0.05) is 6.04 Å². The zero-order chi connectivity index (χ0) is 23.6. The molecule has 2 aliphatic heterocycles. The third-order valence-corrected chi connectivity index (χ3v) is 7.22. The molecule has 0 aromatic heterocycles. The van der Waals surface area contributed by atoms with Crippen LogP contribution in [0.4, 0.5) is 13.6 Å². The van der Waals surface area contributed by atoms with E-state index >= 15 is 0 Å². The smallest absolute Gasteiger partial charge is 0.407 e. The fraction of sp³-hybridized carbons (Fsp3) is 0.864. The summed E-state index contributed by atoms with van der Waals surface area (Å²) in [5.41, 5.74) is 6.80. The monoisotopic (exact) mass is 454 g/mol. The first-order valence-electron chi connectivity index (χ1n) is 11.5. The number of nitrogens with zero attached hydrogens (tertiary/aromatic N) is 3. The zero-order valence-corrected chi connectivity index (χ0v) is 18.7. The van der Waals surface area contributed by atoms with Gasteiger partial charge < -0.3 is 26.0 Å². The zero-order valence-electron chi connectivity index (χ0n) is 18.7. The number of carbonyl (C=O) groups is 2. The maximum absolute atomic E-state index is 12.5. The van der Waals surface area contributed by atoms with Crippen molar-refractivity contribution in [2.75, 3.05) is 26.2 Å². The number of hydrogen-bond donors (Lipinski definition) is 2. The highest BCUT2D eigenvalue weighted by Gasteiger charge is 2.45. The molecule has 2 amide bonds. The van der Waals surface area contributed by atoms with Crippen molar-refractivity contribution in [3.05, 3.63) is 5.73 Å². The fourth-order valence-corrected chi connectivity index (χ4v) is 4.64. The number of carboxylic acid groups (broad SMARTS) is 1. The minimum absolute atomic E-state index is 0.470. The average Bonchev–Trinajstić information content (AvgIpc) is 3.64. The number of amides is 2. The van der Waals surface area contributed by atoms with E-state index in [1.165, 1.54) is 38.8 Å². The van der Waals surface area contributed by atoms with Crippen LogP contribution in [0, 0.1) is 16.7 Å². The molecule has 32 heavy (non-hydrogen) atoms. The second-order valence-corrected chi connectivity index (χ2v) is 10.0. The molecule has 4 rings (SSSR count). The molecule has 0 radical (unpaired) electrons. The molecule has 2 heterocycles. The van der Waals surface area contributed by atoms with Crippen molar-refractivity contribution in [3.8, 4) is 6.07 Å². The quantitative estimate of drug-likeness (QED) is 0.657. The SMILES string of the molecule is CC(F)(F)C[C@H]([NH-])C(=O)NC1(C#N)CC1.O=C(O)N1CCC2(CC1)CCN(C1CC1)CC2. The third-order valence-electron chi connectivity index (χ3n) is 7.22. The van der Waals surface area contributed by atoms with Crippen LogP contribution in [-0.2, 0) is 4.79 Å². The van der Waals surface area contributed by atoms with E-state index in [1.54, 1.807) is 4.90 Å². The van der Waals surface area contributed by atoms with Crippen molar-refractivity contribution in [1.29, 1.82) is 5.26 Å². The van der Waals surface area contributed by atoms with Crippen LogP contribution >= 0.6 is 0 Å². The molecule has 1 spiro atoms.